The number of fused-ring (bicyclic) bond motifs is 1. The summed E-state index contributed by atoms with van der Waals surface area (Å²) in [5, 5.41) is 12.3. The predicted octanol–water partition coefficient (Wildman–Crippen LogP) is 1.70. The summed E-state index contributed by atoms with van der Waals surface area (Å²) in [6, 6.07) is 0.381. The van der Waals surface area contributed by atoms with Crippen LogP contribution in [0.2, 0.25) is 0 Å². The highest BCUT2D eigenvalue weighted by Gasteiger charge is 2.56. The Morgan fingerprint density at radius 3 is 2.29 bits per heavy atom. The Hall–Kier alpha value is -0.570. The van der Waals surface area contributed by atoms with Crippen molar-refractivity contribution in [2.75, 3.05) is 6.61 Å². The molecule has 0 aromatic carbocycles. The molecule has 3 rings (SSSR count). The first-order chi connectivity index (χ1) is 8.29. The van der Waals surface area contributed by atoms with Crippen LogP contribution in [0.3, 0.4) is 0 Å². The number of hydrogen-bond acceptors (Lipinski definition) is 2. The van der Waals surface area contributed by atoms with E-state index in [1.807, 2.05) is 0 Å². The maximum absolute atomic E-state index is 12.1. The fourth-order valence-corrected chi connectivity index (χ4v) is 4.00. The first kappa shape index (κ1) is 11.5. The number of nitrogens with one attached hydrogen (secondary N) is 1. The summed E-state index contributed by atoms with van der Waals surface area (Å²) in [5.74, 6) is 2.61. The Labute approximate surface area is 103 Å². The van der Waals surface area contributed by atoms with Gasteiger partial charge in [-0.1, -0.05) is 6.42 Å². The van der Waals surface area contributed by atoms with Crippen molar-refractivity contribution in [2.45, 2.75) is 51.0 Å². The number of hydrogen-bond donors (Lipinski definition) is 2. The van der Waals surface area contributed by atoms with Gasteiger partial charge in [-0.15, -0.1) is 0 Å². The van der Waals surface area contributed by atoms with Gasteiger partial charge >= 0.3 is 0 Å². The van der Waals surface area contributed by atoms with E-state index in [0.29, 0.717) is 30.4 Å². The molecule has 2 unspecified atom stereocenters. The van der Waals surface area contributed by atoms with Crippen molar-refractivity contribution in [1.29, 1.82) is 0 Å². The zero-order valence-corrected chi connectivity index (χ0v) is 10.4. The van der Waals surface area contributed by atoms with E-state index in [0.717, 1.165) is 37.5 Å². The van der Waals surface area contributed by atoms with E-state index in [-0.39, 0.29) is 0 Å². The summed E-state index contributed by atoms with van der Waals surface area (Å²) in [7, 11) is 0. The largest absolute Gasteiger partial charge is 0.396 e. The van der Waals surface area contributed by atoms with Gasteiger partial charge in [0.05, 0.1) is 0 Å². The second kappa shape index (κ2) is 4.60. The van der Waals surface area contributed by atoms with Gasteiger partial charge in [-0.2, -0.15) is 0 Å². The number of aliphatic hydroxyl groups is 1. The Morgan fingerprint density at radius 2 is 1.71 bits per heavy atom. The molecule has 1 amide bonds. The van der Waals surface area contributed by atoms with Crippen LogP contribution in [0.15, 0.2) is 0 Å². The zero-order chi connectivity index (χ0) is 11.8. The summed E-state index contributed by atoms with van der Waals surface area (Å²) in [5.41, 5.74) is 0. The summed E-state index contributed by atoms with van der Waals surface area (Å²) < 4.78 is 0. The molecule has 3 saturated carbocycles. The molecule has 17 heavy (non-hydrogen) atoms. The average molecular weight is 237 g/mol. The second-order valence-corrected chi connectivity index (χ2v) is 6.19. The monoisotopic (exact) mass is 237 g/mol. The van der Waals surface area contributed by atoms with Crippen LogP contribution >= 0.6 is 0 Å². The van der Waals surface area contributed by atoms with E-state index in [2.05, 4.69) is 5.32 Å². The topological polar surface area (TPSA) is 49.3 Å². The molecule has 3 fully saturated rings. The summed E-state index contributed by atoms with van der Waals surface area (Å²) in [6.07, 6.45) is 8.14. The van der Waals surface area contributed by atoms with Crippen molar-refractivity contribution < 1.29 is 9.90 Å². The van der Waals surface area contributed by atoms with Crippen molar-refractivity contribution in [2.24, 2.45) is 23.7 Å². The zero-order valence-electron chi connectivity index (χ0n) is 10.4. The van der Waals surface area contributed by atoms with Crippen LogP contribution in [0.25, 0.3) is 0 Å². The molecular formula is C14H23NO2. The molecule has 2 atom stereocenters. The Bertz CT molecular complexity index is 287. The van der Waals surface area contributed by atoms with E-state index in [1.54, 1.807) is 0 Å². The van der Waals surface area contributed by atoms with Crippen molar-refractivity contribution in [3.63, 3.8) is 0 Å². The van der Waals surface area contributed by atoms with Crippen LogP contribution in [0.1, 0.15) is 44.9 Å². The lowest BCUT2D eigenvalue weighted by Crippen LogP contribution is -2.39. The quantitative estimate of drug-likeness (QED) is 0.785. The standard InChI is InChI=1S/C14H23NO2/c16-8-9-4-6-10(7-5-9)15-14(17)13-11-2-1-3-12(11)13/h9-13,16H,1-8H2,(H,15,17). The van der Waals surface area contributed by atoms with E-state index in [4.69, 9.17) is 5.11 Å². The normalized spacial score (nSPS) is 44.2. The van der Waals surface area contributed by atoms with Crippen LogP contribution in [-0.4, -0.2) is 23.7 Å². The van der Waals surface area contributed by atoms with Gasteiger partial charge in [0.2, 0.25) is 5.91 Å². The minimum Gasteiger partial charge on any atom is -0.396 e. The maximum Gasteiger partial charge on any atom is 0.223 e. The van der Waals surface area contributed by atoms with Crippen molar-refractivity contribution in [3.8, 4) is 0 Å². The lowest BCUT2D eigenvalue weighted by atomic mass is 9.86. The molecule has 0 radical (unpaired) electrons. The number of amides is 1. The molecule has 0 spiro atoms. The molecular weight excluding hydrogens is 214 g/mol. The predicted molar refractivity (Wildman–Crippen MR) is 65.3 cm³/mol. The van der Waals surface area contributed by atoms with Crippen molar-refractivity contribution >= 4 is 5.91 Å². The second-order valence-electron chi connectivity index (χ2n) is 6.19. The average Bonchev–Trinajstić information content (AvgIpc) is 2.85. The minimum absolute atomic E-state index is 0.313. The van der Waals surface area contributed by atoms with Gasteiger partial charge in [-0.3, -0.25) is 4.79 Å². The molecule has 3 aliphatic rings. The van der Waals surface area contributed by atoms with Crippen molar-refractivity contribution in [1.82, 2.24) is 5.32 Å². The Morgan fingerprint density at radius 1 is 1.06 bits per heavy atom. The van der Waals surface area contributed by atoms with Crippen LogP contribution in [0, 0.1) is 23.7 Å². The van der Waals surface area contributed by atoms with Gasteiger partial charge in [0.1, 0.15) is 0 Å². The maximum atomic E-state index is 12.1. The Kier molecular flexibility index (Phi) is 3.12. The fraction of sp³-hybridized carbons (Fsp3) is 0.929. The van der Waals surface area contributed by atoms with E-state index in [1.165, 1.54) is 19.3 Å². The van der Waals surface area contributed by atoms with Gasteiger partial charge in [0.25, 0.3) is 0 Å². The van der Waals surface area contributed by atoms with E-state index < -0.39 is 0 Å². The summed E-state index contributed by atoms with van der Waals surface area (Å²) in [6.45, 7) is 0.313. The first-order valence-electron chi connectivity index (χ1n) is 7.21. The molecule has 0 saturated heterocycles. The SMILES string of the molecule is O=C(NC1CCC(CO)CC1)C1C2CCCC21. The highest BCUT2D eigenvalue weighted by Crippen LogP contribution is 2.57. The van der Waals surface area contributed by atoms with Crippen molar-refractivity contribution in [3.05, 3.63) is 0 Å². The van der Waals surface area contributed by atoms with Crippen LogP contribution in [-0.2, 0) is 4.79 Å². The smallest absolute Gasteiger partial charge is 0.223 e. The minimum atomic E-state index is 0.313. The molecule has 0 aliphatic heterocycles. The molecule has 0 bridgehead atoms. The third-order valence-electron chi connectivity index (χ3n) is 5.16. The first-order valence-corrected chi connectivity index (χ1v) is 7.21. The van der Waals surface area contributed by atoms with E-state index >= 15 is 0 Å². The third-order valence-corrected chi connectivity index (χ3v) is 5.16. The summed E-state index contributed by atoms with van der Waals surface area (Å²) >= 11 is 0. The molecule has 3 aliphatic carbocycles. The van der Waals surface area contributed by atoms with Gasteiger partial charge < -0.3 is 10.4 Å². The number of aliphatic hydroxyl groups excluding tert-OH is 1. The Balaban J connectivity index is 1.44. The van der Waals surface area contributed by atoms with Gasteiger partial charge in [-0.05, 0) is 56.3 Å². The lowest BCUT2D eigenvalue weighted by molar-refractivity contribution is -0.124. The molecule has 3 nitrogen and oxygen atoms in total. The van der Waals surface area contributed by atoms with Gasteiger partial charge in [0, 0.05) is 18.6 Å². The summed E-state index contributed by atoms with van der Waals surface area (Å²) in [4.78, 5) is 12.1. The molecule has 2 N–H and O–H groups in total. The molecule has 0 aromatic rings. The molecule has 0 heterocycles. The van der Waals surface area contributed by atoms with Gasteiger partial charge in [0.15, 0.2) is 0 Å². The fourth-order valence-electron chi connectivity index (χ4n) is 4.00. The molecule has 96 valence electrons. The van der Waals surface area contributed by atoms with Gasteiger partial charge in [-0.25, -0.2) is 0 Å². The molecule has 0 aromatic heterocycles. The lowest BCUT2D eigenvalue weighted by Gasteiger charge is -2.28. The van der Waals surface area contributed by atoms with Crippen LogP contribution in [0.5, 0.6) is 0 Å². The number of rotatable bonds is 3. The van der Waals surface area contributed by atoms with Crippen LogP contribution in [0.4, 0.5) is 0 Å². The van der Waals surface area contributed by atoms with Crippen LogP contribution < -0.4 is 5.32 Å². The highest BCUT2D eigenvalue weighted by molar-refractivity contribution is 5.82. The number of carbonyl (C=O) groups excluding carboxylic acids is 1. The number of carbonyl (C=O) groups is 1. The van der Waals surface area contributed by atoms with E-state index in [9.17, 15) is 4.79 Å². The highest BCUT2D eigenvalue weighted by atomic mass is 16.3. The third kappa shape index (κ3) is 2.22. The molecule has 3 heteroatoms.